The van der Waals surface area contributed by atoms with Crippen molar-refractivity contribution in [2.75, 3.05) is 19.6 Å². The molecule has 33 heavy (non-hydrogen) atoms. The maximum Gasteiger partial charge on any atom is 0.417 e. The van der Waals surface area contributed by atoms with E-state index in [1.54, 1.807) is 4.90 Å². The van der Waals surface area contributed by atoms with Gasteiger partial charge in [-0.15, -0.1) is 10.2 Å². The molecule has 11 heteroatoms. The number of imide groups is 1. The molecule has 0 aromatic carbocycles. The predicted octanol–water partition coefficient (Wildman–Crippen LogP) is 2.63. The number of pyridine rings is 1. The Morgan fingerprint density at radius 1 is 1.00 bits per heavy atom. The van der Waals surface area contributed by atoms with E-state index in [1.165, 1.54) is 10.5 Å². The van der Waals surface area contributed by atoms with Crippen molar-refractivity contribution in [2.45, 2.75) is 50.6 Å². The number of carbonyl (C=O) groups is 3. The van der Waals surface area contributed by atoms with Crippen LogP contribution in [-0.2, 0) is 20.6 Å². The lowest BCUT2D eigenvalue weighted by Gasteiger charge is -2.33. The lowest BCUT2D eigenvalue weighted by molar-refractivity contribution is -0.147. The summed E-state index contributed by atoms with van der Waals surface area (Å²) in [7, 11) is 0. The van der Waals surface area contributed by atoms with Crippen molar-refractivity contribution in [1.29, 1.82) is 0 Å². The molecule has 2 saturated heterocycles. The maximum atomic E-state index is 13.2. The van der Waals surface area contributed by atoms with E-state index < -0.39 is 11.7 Å². The van der Waals surface area contributed by atoms with Gasteiger partial charge in [-0.1, -0.05) is 12.8 Å². The molecule has 5 rings (SSSR count). The van der Waals surface area contributed by atoms with E-state index in [4.69, 9.17) is 0 Å². The Bertz CT molecular complexity index is 1090. The van der Waals surface area contributed by atoms with Gasteiger partial charge in [-0.3, -0.25) is 23.7 Å². The molecule has 8 nitrogen and oxygen atoms in total. The lowest BCUT2D eigenvalue weighted by Crippen LogP contribution is -2.46. The van der Waals surface area contributed by atoms with Gasteiger partial charge in [0.2, 0.25) is 17.7 Å². The second-order valence-corrected chi connectivity index (χ2v) is 9.14. The Morgan fingerprint density at radius 2 is 1.70 bits per heavy atom. The monoisotopic (exact) mass is 463 g/mol. The summed E-state index contributed by atoms with van der Waals surface area (Å²) in [5, 5.41) is 8.08. The van der Waals surface area contributed by atoms with Gasteiger partial charge in [0, 0.05) is 25.2 Å². The zero-order valence-corrected chi connectivity index (χ0v) is 17.9. The summed E-state index contributed by atoms with van der Waals surface area (Å²) in [4.78, 5) is 41.1. The Hall–Kier alpha value is -2.98. The number of aromatic nitrogens is 3. The van der Waals surface area contributed by atoms with Crippen molar-refractivity contribution in [1.82, 2.24) is 24.4 Å². The van der Waals surface area contributed by atoms with Crippen LogP contribution in [0.3, 0.4) is 0 Å². The molecular formula is C22H24F3N5O3. The standard InChI is InChI=1S/C22H24F3N5O3/c23-22(24,25)14-7-8-17-26-27-19(29(17)11-14)13-4-3-9-28(10-13)18(31)12-30-20(32)15-5-1-2-6-16(15)21(30)33/h7-8,11,13,15-16H,1-6,9-10,12H2. The van der Waals surface area contributed by atoms with Crippen LogP contribution in [0.25, 0.3) is 5.65 Å². The smallest absolute Gasteiger partial charge is 0.340 e. The third-order valence-corrected chi connectivity index (χ3v) is 7.12. The Kier molecular flexibility index (Phi) is 5.37. The number of rotatable bonds is 3. The van der Waals surface area contributed by atoms with Gasteiger partial charge in [0.15, 0.2) is 5.65 Å². The fourth-order valence-electron chi connectivity index (χ4n) is 5.39. The van der Waals surface area contributed by atoms with Crippen LogP contribution >= 0.6 is 0 Å². The molecule has 1 saturated carbocycles. The van der Waals surface area contributed by atoms with Crippen molar-refractivity contribution < 1.29 is 27.6 Å². The summed E-state index contributed by atoms with van der Waals surface area (Å²) in [6, 6.07) is 2.24. The number of piperidine rings is 1. The number of hydrogen-bond acceptors (Lipinski definition) is 5. The second kappa shape index (κ2) is 8.11. The van der Waals surface area contributed by atoms with Gasteiger partial charge in [-0.2, -0.15) is 13.2 Å². The van der Waals surface area contributed by atoms with Crippen molar-refractivity contribution in [2.24, 2.45) is 11.8 Å². The number of amides is 3. The normalized spacial score (nSPS) is 26.2. The quantitative estimate of drug-likeness (QED) is 0.653. The van der Waals surface area contributed by atoms with Gasteiger partial charge in [0.1, 0.15) is 12.4 Å². The molecular weight excluding hydrogens is 439 g/mol. The summed E-state index contributed by atoms with van der Waals surface area (Å²) in [5.74, 6) is -1.38. The third-order valence-electron chi connectivity index (χ3n) is 7.12. The van der Waals surface area contributed by atoms with Gasteiger partial charge in [-0.05, 0) is 37.8 Å². The fraction of sp³-hybridized carbons (Fsp3) is 0.591. The number of hydrogen-bond donors (Lipinski definition) is 0. The molecule has 3 amide bonds. The number of fused-ring (bicyclic) bond motifs is 2. The van der Waals surface area contributed by atoms with Crippen molar-refractivity contribution in [3.05, 3.63) is 29.7 Å². The Labute approximate surface area is 187 Å². The predicted molar refractivity (Wildman–Crippen MR) is 109 cm³/mol. The van der Waals surface area contributed by atoms with Gasteiger partial charge < -0.3 is 4.90 Å². The SMILES string of the molecule is O=C(CN1C(=O)C2CCCCC2C1=O)N1CCCC(c2nnc3ccc(C(F)(F)F)cn23)C1. The van der Waals surface area contributed by atoms with Crippen molar-refractivity contribution in [3.63, 3.8) is 0 Å². The summed E-state index contributed by atoms with van der Waals surface area (Å²) >= 11 is 0. The van der Waals surface area contributed by atoms with E-state index in [9.17, 15) is 27.6 Å². The molecule has 3 unspecified atom stereocenters. The molecule has 0 bridgehead atoms. The van der Waals surface area contributed by atoms with E-state index in [-0.39, 0.29) is 48.6 Å². The number of alkyl halides is 3. The average molecular weight is 463 g/mol. The number of halogens is 3. The van der Waals surface area contributed by atoms with Gasteiger partial charge in [0.05, 0.1) is 17.4 Å². The topological polar surface area (TPSA) is 87.9 Å². The minimum absolute atomic E-state index is 0.249. The van der Waals surface area contributed by atoms with Crippen LogP contribution in [0.4, 0.5) is 13.2 Å². The molecule has 2 aromatic rings. The summed E-state index contributed by atoms with van der Waals surface area (Å²) < 4.78 is 40.8. The fourth-order valence-corrected chi connectivity index (χ4v) is 5.39. The third kappa shape index (κ3) is 3.87. The first kappa shape index (κ1) is 21.8. The zero-order chi connectivity index (χ0) is 23.3. The second-order valence-electron chi connectivity index (χ2n) is 9.14. The molecule has 176 valence electrons. The molecule has 0 N–H and O–H groups in total. The van der Waals surface area contributed by atoms with Crippen LogP contribution in [0, 0.1) is 11.8 Å². The van der Waals surface area contributed by atoms with Crippen LogP contribution in [-0.4, -0.2) is 61.8 Å². The average Bonchev–Trinajstić information content (AvgIpc) is 3.33. The van der Waals surface area contributed by atoms with Crippen LogP contribution in [0.15, 0.2) is 18.3 Å². The molecule has 0 radical (unpaired) electrons. The molecule has 2 aromatic heterocycles. The molecule has 2 aliphatic heterocycles. The van der Waals surface area contributed by atoms with Crippen molar-refractivity contribution in [3.8, 4) is 0 Å². The Morgan fingerprint density at radius 3 is 2.36 bits per heavy atom. The highest BCUT2D eigenvalue weighted by Crippen LogP contribution is 2.38. The summed E-state index contributed by atoms with van der Waals surface area (Å²) in [5.41, 5.74) is -0.496. The molecule has 3 aliphatic rings. The van der Waals surface area contributed by atoms with Crippen LogP contribution in [0.5, 0.6) is 0 Å². The number of carbonyl (C=O) groups excluding carboxylic acids is 3. The maximum absolute atomic E-state index is 13.2. The van der Waals surface area contributed by atoms with Crippen LogP contribution in [0.2, 0.25) is 0 Å². The molecule has 1 aliphatic carbocycles. The minimum Gasteiger partial charge on any atom is -0.340 e. The van der Waals surface area contributed by atoms with Gasteiger partial charge >= 0.3 is 6.18 Å². The van der Waals surface area contributed by atoms with Gasteiger partial charge in [0.25, 0.3) is 0 Å². The van der Waals surface area contributed by atoms with Gasteiger partial charge in [-0.25, -0.2) is 0 Å². The molecule has 4 heterocycles. The minimum atomic E-state index is -4.49. The molecule has 3 fully saturated rings. The number of likely N-dealkylation sites (tertiary alicyclic amines) is 2. The van der Waals surface area contributed by atoms with E-state index in [1.807, 2.05) is 0 Å². The highest BCUT2D eigenvalue weighted by molar-refractivity contribution is 6.07. The first-order valence-corrected chi connectivity index (χ1v) is 11.3. The largest absolute Gasteiger partial charge is 0.417 e. The molecule has 0 spiro atoms. The molecule has 3 atom stereocenters. The van der Waals surface area contributed by atoms with E-state index in [0.717, 1.165) is 30.0 Å². The lowest BCUT2D eigenvalue weighted by atomic mass is 9.81. The van der Waals surface area contributed by atoms with E-state index in [0.29, 0.717) is 43.7 Å². The van der Waals surface area contributed by atoms with Crippen LogP contribution < -0.4 is 0 Å². The highest BCUT2D eigenvalue weighted by Gasteiger charge is 2.49. The summed E-state index contributed by atoms with van der Waals surface area (Å²) in [6.07, 6.45) is 0.975. The van der Waals surface area contributed by atoms with E-state index in [2.05, 4.69) is 10.2 Å². The van der Waals surface area contributed by atoms with Crippen LogP contribution in [0.1, 0.15) is 55.8 Å². The number of nitrogens with zero attached hydrogens (tertiary/aromatic N) is 5. The Balaban J connectivity index is 1.32. The van der Waals surface area contributed by atoms with E-state index >= 15 is 0 Å². The highest BCUT2D eigenvalue weighted by atomic mass is 19.4. The zero-order valence-electron chi connectivity index (χ0n) is 17.9. The first-order valence-electron chi connectivity index (χ1n) is 11.3. The first-order chi connectivity index (χ1) is 15.7. The summed E-state index contributed by atoms with van der Waals surface area (Å²) in [6.45, 7) is 0.429. The van der Waals surface area contributed by atoms with Crippen molar-refractivity contribution >= 4 is 23.4 Å².